The topological polar surface area (TPSA) is 72.8 Å². The average molecular weight is 305 g/mol. The predicted molar refractivity (Wildman–Crippen MR) is 84.4 cm³/mol. The van der Waals surface area contributed by atoms with Gasteiger partial charge in [-0.25, -0.2) is 9.97 Å². The van der Waals surface area contributed by atoms with Gasteiger partial charge in [-0.1, -0.05) is 0 Å². The lowest BCUT2D eigenvalue weighted by molar-refractivity contribution is -0.138. The predicted octanol–water partition coefficient (Wildman–Crippen LogP) is 0.673. The van der Waals surface area contributed by atoms with Crippen molar-refractivity contribution < 1.29 is 9.90 Å². The van der Waals surface area contributed by atoms with Gasteiger partial charge in [-0.15, -0.1) is 0 Å². The molecule has 3 rings (SSSR count). The summed E-state index contributed by atoms with van der Waals surface area (Å²) in [6.07, 6.45) is 5.41. The molecule has 3 heterocycles. The summed E-state index contributed by atoms with van der Waals surface area (Å²) in [7, 11) is 0. The van der Waals surface area contributed by atoms with Crippen LogP contribution >= 0.6 is 0 Å². The van der Waals surface area contributed by atoms with Crippen molar-refractivity contribution in [3.63, 3.8) is 0 Å². The third-order valence-electron chi connectivity index (χ3n) is 4.37. The smallest absolute Gasteiger partial charge is 0.317 e. The maximum absolute atomic E-state index is 10.8. The minimum Gasteiger partial charge on any atom is -0.480 e. The molecule has 1 aromatic rings. The van der Waals surface area contributed by atoms with Crippen LogP contribution in [0.25, 0.3) is 0 Å². The highest BCUT2D eigenvalue weighted by atomic mass is 16.4. The minimum absolute atomic E-state index is 0.122. The maximum Gasteiger partial charge on any atom is 0.317 e. The number of hydrogen-bond donors (Lipinski definition) is 1. The molecule has 0 aromatic carbocycles. The Labute approximate surface area is 130 Å². The minimum atomic E-state index is -0.761. The first-order valence-electron chi connectivity index (χ1n) is 7.98. The van der Waals surface area contributed by atoms with Crippen molar-refractivity contribution in [2.45, 2.75) is 19.3 Å². The van der Waals surface area contributed by atoms with Crippen molar-refractivity contribution in [2.24, 2.45) is 0 Å². The van der Waals surface area contributed by atoms with E-state index in [-0.39, 0.29) is 6.54 Å². The van der Waals surface area contributed by atoms with Crippen molar-refractivity contribution >= 4 is 17.6 Å². The normalized spacial score (nSPS) is 20.2. The van der Waals surface area contributed by atoms with E-state index in [0.29, 0.717) is 0 Å². The molecule has 0 saturated carbocycles. The Kier molecular flexibility index (Phi) is 4.72. The molecule has 7 nitrogen and oxygen atoms in total. The first-order valence-corrected chi connectivity index (χ1v) is 7.98. The molecule has 22 heavy (non-hydrogen) atoms. The summed E-state index contributed by atoms with van der Waals surface area (Å²) in [5.74, 6) is 1.20. The summed E-state index contributed by atoms with van der Waals surface area (Å²) in [6, 6.07) is 2.07. The van der Waals surface area contributed by atoms with E-state index in [0.717, 1.165) is 50.9 Å². The Hall–Kier alpha value is -1.89. The van der Waals surface area contributed by atoms with Gasteiger partial charge in [0.2, 0.25) is 0 Å². The molecule has 0 spiro atoms. The van der Waals surface area contributed by atoms with E-state index < -0.39 is 5.97 Å². The van der Waals surface area contributed by atoms with E-state index in [1.54, 1.807) is 6.33 Å². The molecule has 0 aliphatic carbocycles. The van der Waals surface area contributed by atoms with Gasteiger partial charge in [0.25, 0.3) is 0 Å². The highest BCUT2D eigenvalue weighted by Gasteiger charge is 2.21. The van der Waals surface area contributed by atoms with Gasteiger partial charge in [0, 0.05) is 45.3 Å². The molecule has 2 saturated heterocycles. The average Bonchev–Trinajstić information content (AvgIpc) is 2.56. The second-order valence-electron chi connectivity index (χ2n) is 5.94. The number of piperazine rings is 1. The molecule has 0 unspecified atom stereocenters. The molecule has 0 amide bonds. The summed E-state index contributed by atoms with van der Waals surface area (Å²) in [5, 5.41) is 8.85. The van der Waals surface area contributed by atoms with Crippen LogP contribution in [0.3, 0.4) is 0 Å². The van der Waals surface area contributed by atoms with Crippen LogP contribution in [0.2, 0.25) is 0 Å². The first-order chi connectivity index (χ1) is 10.7. The molecule has 7 heteroatoms. The number of rotatable bonds is 4. The van der Waals surface area contributed by atoms with E-state index in [9.17, 15) is 4.79 Å². The van der Waals surface area contributed by atoms with Crippen LogP contribution < -0.4 is 9.80 Å². The summed E-state index contributed by atoms with van der Waals surface area (Å²) in [6.45, 7) is 5.40. The summed E-state index contributed by atoms with van der Waals surface area (Å²) in [5.41, 5.74) is 0. The van der Waals surface area contributed by atoms with Gasteiger partial charge < -0.3 is 14.9 Å². The van der Waals surface area contributed by atoms with Crippen LogP contribution in [-0.2, 0) is 4.79 Å². The summed E-state index contributed by atoms with van der Waals surface area (Å²) >= 11 is 0. The molecule has 2 aliphatic heterocycles. The Bertz CT molecular complexity index is 510. The number of aliphatic carboxylic acids is 1. The summed E-state index contributed by atoms with van der Waals surface area (Å²) < 4.78 is 0. The Balaban J connectivity index is 1.62. The molecular weight excluding hydrogens is 282 g/mol. The number of carboxylic acids is 1. The Morgan fingerprint density at radius 2 is 1.55 bits per heavy atom. The van der Waals surface area contributed by atoms with Gasteiger partial charge in [-0.3, -0.25) is 9.69 Å². The standard InChI is InChI=1S/C15H23N5O2/c21-15(22)11-18-6-8-20(9-7-18)14-10-13(16-12-17-14)19-4-2-1-3-5-19/h10,12H,1-9,11H2,(H,21,22). The highest BCUT2D eigenvalue weighted by Crippen LogP contribution is 2.21. The molecule has 0 radical (unpaired) electrons. The zero-order valence-corrected chi connectivity index (χ0v) is 12.8. The summed E-state index contributed by atoms with van der Waals surface area (Å²) in [4.78, 5) is 26.1. The van der Waals surface area contributed by atoms with E-state index in [1.165, 1.54) is 19.3 Å². The largest absolute Gasteiger partial charge is 0.480 e. The molecular formula is C15H23N5O2. The van der Waals surface area contributed by atoms with Crippen molar-refractivity contribution in [1.29, 1.82) is 0 Å². The van der Waals surface area contributed by atoms with Crippen LogP contribution in [0.5, 0.6) is 0 Å². The van der Waals surface area contributed by atoms with Gasteiger partial charge in [0.05, 0.1) is 6.54 Å². The fourth-order valence-corrected chi connectivity index (χ4v) is 3.13. The third kappa shape index (κ3) is 3.65. The number of carboxylic acid groups (broad SMARTS) is 1. The fraction of sp³-hybridized carbons (Fsp3) is 0.667. The lowest BCUT2D eigenvalue weighted by Gasteiger charge is -2.35. The van der Waals surface area contributed by atoms with Crippen molar-refractivity contribution in [2.75, 3.05) is 55.6 Å². The van der Waals surface area contributed by atoms with E-state index in [1.807, 2.05) is 4.90 Å². The van der Waals surface area contributed by atoms with Crippen molar-refractivity contribution in [1.82, 2.24) is 14.9 Å². The quantitative estimate of drug-likeness (QED) is 0.876. The third-order valence-corrected chi connectivity index (χ3v) is 4.37. The number of hydrogen-bond acceptors (Lipinski definition) is 6. The maximum atomic E-state index is 10.8. The molecule has 1 N–H and O–H groups in total. The zero-order valence-electron chi connectivity index (χ0n) is 12.8. The fourth-order valence-electron chi connectivity index (χ4n) is 3.13. The SMILES string of the molecule is O=C(O)CN1CCN(c2cc(N3CCCCC3)ncn2)CC1. The molecule has 0 bridgehead atoms. The van der Waals surface area contributed by atoms with Gasteiger partial charge in [0.1, 0.15) is 18.0 Å². The second kappa shape index (κ2) is 6.91. The highest BCUT2D eigenvalue weighted by molar-refractivity contribution is 5.69. The van der Waals surface area contributed by atoms with Crippen LogP contribution in [0.1, 0.15) is 19.3 Å². The van der Waals surface area contributed by atoms with Gasteiger partial charge in [0.15, 0.2) is 0 Å². The van der Waals surface area contributed by atoms with Crippen molar-refractivity contribution in [3.8, 4) is 0 Å². The molecule has 120 valence electrons. The second-order valence-corrected chi connectivity index (χ2v) is 5.94. The lowest BCUT2D eigenvalue weighted by atomic mass is 10.1. The first kappa shape index (κ1) is 15.0. The molecule has 0 atom stereocenters. The number of carbonyl (C=O) groups is 1. The molecule has 2 fully saturated rings. The van der Waals surface area contributed by atoms with Crippen LogP contribution in [0.4, 0.5) is 11.6 Å². The monoisotopic (exact) mass is 305 g/mol. The van der Waals surface area contributed by atoms with Crippen LogP contribution in [0.15, 0.2) is 12.4 Å². The zero-order chi connectivity index (χ0) is 15.4. The molecule has 2 aliphatic rings. The van der Waals surface area contributed by atoms with Gasteiger partial charge >= 0.3 is 5.97 Å². The Morgan fingerprint density at radius 3 is 2.14 bits per heavy atom. The van der Waals surface area contributed by atoms with Crippen LogP contribution in [0, 0.1) is 0 Å². The number of nitrogens with zero attached hydrogens (tertiary/aromatic N) is 5. The van der Waals surface area contributed by atoms with Crippen LogP contribution in [-0.4, -0.2) is 71.8 Å². The Morgan fingerprint density at radius 1 is 0.955 bits per heavy atom. The van der Waals surface area contributed by atoms with Gasteiger partial charge in [-0.2, -0.15) is 0 Å². The molecule has 1 aromatic heterocycles. The number of aromatic nitrogens is 2. The van der Waals surface area contributed by atoms with Crippen molar-refractivity contribution in [3.05, 3.63) is 12.4 Å². The van der Waals surface area contributed by atoms with E-state index in [2.05, 4.69) is 25.8 Å². The number of piperidine rings is 1. The van der Waals surface area contributed by atoms with E-state index >= 15 is 0 Å². The van der Waals surface area contributed by atoms with Gasteiger partial charge in [-0.05, 0) is 19.3 Å². The van der Waals surface area contributed by atoms with E-state index in [4.69, 9.17) is 5.11 Å². The lowest BCUT2D eigenvalue weighted by Crippen LogP contribution is -2.48. The number of anilines is 2.